The molecule has 3 heteroatoms. The van der Waals surface area contributed by atoms with Crippen molar-refractivity contribution in [1.29, 1.82) is 0 Å². The number of para-hydroxylation sites is 1. The van der Waals surface area contributed by atoms with Crippen molar-refractivity contribution in [3.05, 3.63) is 96.1 Å². The molecule has 0 aromatic heterocycles. The van der Waals surface area contributed by atoms with Gasteiger partial charge in [0.2, 0.25) is 0 Å². The fraction of sp³-hybridized carbons (Fsp3) is 0.0476. The zero-order valence-electron chi connectivity index (χ0n) is 13.2. The second-order valence-electron chi connectivity index (χ2n) is 5.21. The van der Waals surface area contributed by atoms with Gasteiger partial charge in [0.1, 0.15) is 17.2 Å². The van der Waals surface area contributed by atoms with Gasteiger partial charge in [-0.15, -0.1) is 0 Å². The third kappa shape index (κ3) is 6.28. The zero-order chi connectivity index (χ0) is 17.2. The molecule has 3 aromatic rings. The number of aromatic hydroxyl groups is 3. The van der Waals surface area contributed by atoms with E-state index < -0.39 is 0 Å². The maximum Gasteiger partial charge on any atom is 0.119 e. The second kappa shape index (κ2) is 9.06. The highest BCUT2D eigenvalue weighted by atomic mass is 16.3. The number of hydrogen-bond acceptors (Lipinski definition) is 3. The molecule has 0 saturated carbocycles. The third-order valence-corrected chi connectivity index (χ3v) is 3.19. The van der Waals surface area contributed by atoms with E-state index in [1.807, 2.05) is 36.4 Å². The first-order valence-corrected chi connectivity index (χ1v) is 7.61. The molecule has 0 spiro atoms. The van der Waals surface area contributed by atoms with Crippen LogP contribution in [0.4, 0.5) is 0 Å². The summed E-state index contributed by atoms with van der Waals surface area (Å²) in [7, 11) is 0. The van der Waals surface area contributed by atoms with Crippen molar-refractivity contribution in [1.82, 2.24) is 0 Å². The molecule has 0 aliphatic rings. The van der Waals surface area contributed by atoms with Gasteiger partial charge in [-0.2, -0.15) is 0 Å². The summed E-state index contributed by atoms with van der Waals surface area (Å²) in [6.45, 7) is 0. The highest BCUT2D eigenvalue weighted by molar-refractivity contribution is 5.55. The Bertz CT molecular complexity index is 745. The molecule has 3 aromatic carbocycles. The number of benzene rings is 3. The first-order chi connectivity index (χ1) is 11.6. The van der Waals surface area contributed by atoms with Crippen molar-refractivity contribution < 1.29 is 15.3 Å². The Kier molecular flexibility index (Phi) is 6.47. The Morgan fingerprint density at radius 3 is 1.67 bits per heavy atom. The van der Waals surface area contributed by atoms with Crippen LogP contribution in [0.25, 0.3) is 6.08 Å². The van der Waals surface area contributed by atoms with Crippen molar-refractivity contribution in [2.45, 2.75) is 6.42 Å². The lowest BCUT2D eigenvalue weighted by Crippen LogP contribution is -1.79. The quantitative estimate of drug-likeness (QED) is 0.653. The summed E-state index contributed by atoms with van der Waals surface area (Å²) in [6.07, 6.45) is 4.72. The summed E-state index contributed by atoms with van der Waals surface area (Å²) in [5, 5.41) is 27.3. The van der Waals surface area contributed by atoms with Crippen LogP contribution in [-0.4, -0.2) is 15.3 Å². The minimum atomic E-state index is 0.0735. The predicted octanol–water partition coefficient (Wildman–Crippen LogP) is 4.75. The summed E-state index contributed by atoms with van der Waals surface area (Å²) in [5.74, 6) is 0.469. The van der Waals surface area contributed by atoms with Crippen molar-refractivity contribution >= 4 is 6.08 Å². The van der Waals surface area contributed by atoms with Crippen LogP contribution in [0, 0.1) is 0 Å². The number of rotatable bonds is 3. The molecule has 0 radical (unpaired) electrons. The largest absolute Gasteiger partial charge is 0.508 e. The summed E-state index contributed by atoms with van der Waals surface area (Å²) in [4.78, 5) is 0. The van der Waals surface area contributed by atoms with Crippen LogP contribution in [0.2, 0.25) is 0 Å². The van der Waals surface area contributed by atoms with E-state index in [-0.39, 0.29) is 11.5 Å². The average Bonchev–Trinajstić information content (AvgIpc) is 2.56. The second-order valence-corrected chi connectivity index (χ2v) is 5.21. The fourth-order valence-electron chi connectivity index (χ4n) is 2.09. The predicted molar refractivity (Wildman–Crippen MR) is 97.1 cm³/mol. The first kappa shape index (κ1) is 17.2. The summed E-state index contributed by atoms with van der Waals surface area (Å²) >= 11 is 0. The molecule has 24 heavy (non-hydrogen) atoms. The molecule has 0 heterocycles. The molecule has 3 rings (SSSR count). The lowest BCUT2D eigenvalue weighted by Gasteiger charge is -1.98. The number of phenols is 3. The Morgan fingerprint density at radius 2 is 1.17 bits per heavy atom. The lowest BCUT2D eigenvalue weighted by atomic mass is 10.1. The van der Waals surface area contributed by atoms with E-state index in [9.17, 15) is 10.2 Å². The van der Waals surface area contributed by atoms with Gasteiger partial charge in [-0.05, 0) is 41.8 Å². The molecule has 3 nitrogen and oxygen atoms in total. The number of allylic oxidation sites excluding steroid dienone is 1. The van der Waals surface area contributed by atoms with Gasteiger partial charge >= 0.3 is 0 Å². The molecule has 0 aliphatic carbocycles. The van der Waals surface area contributed by atoms with Crippen LogP contribution in [0.1, 0.15) is 11.1 Å². The van der Waals surface area contributed by atoms with Gasteiger partial charge in [0.05, 0.1) is 0 Å². The Morgan fingerprint density at radius 1 is 0.625 bits per heavy atom. The maximum atomic E-state index is 9.32. The molecule has 122 valence electrons. The van der Waals surface area contributed by atoms with Crippen LogP contribution in [-0.2, 0) is 6.42 Å². The van der Waals surface area contributed by atoms with E-state index in [2.05, 4.69) is 12.1 Å². The van der Waals surface area contributed by atoms with Gasteiger partial charge in [-0.3, -0.25) is 0 Å². The highest BCUT2D eigenvalue weighted by Gasteiger charge is 1.95. The number of hydrogen-bond donors (Lipinski definition) is 3. The van der Waals surface area contributed by atoms with Gasteiger partial charge in [0.25, 0.3) is 0 Å². The number of phenolic OH excluding ortho intramolecular Hbond substituents is 3. The molecule has 0 saturated heterocycles. The van der Waals surface area contributed by atoms with E-state index in [0.29, 0.717) is 5.75 Å². The van der Waals surface area contributed by atoms with Crippen molar-refractivity contribution in [3.8, 4) is 17.2 Å². The summed E-state index contributed by atoms with van der Waals surface area (Å²) < 4.78 is 0. The van der Waals surface area contributed by atoms with E-state index in [1.54, 1.807) is 36.4 Å². The normalized spacial score (nSPS) is 10.2. The van der Waals surface area contributed by atoms with Gasteiger partial charge in [0, 0.05) is 6.07 Å². The molecule has 0 fully saturated rings. The summed E-state index contributed by atoms with van der Waals surface area (Å²) in [6, 6.07) is 23.4. The molecule has 0 aliphatic heterocycles. The standard InChI is InChI=1S/C15H14O2.C6H6O/c16-14-9-13(10-15(17)11-14)8-4-7-12-5-2-1-3-6-12;7-6-4-2-1-3-5-6/h1-6,8-11,16-17H,7H2;1-5,7H. The topological polar surface area (TPSA) is 60.7 Å². The van der Waals surface area contributed by atoms with Crippen molar-refractivity contribution in [3.63, 3.8) is 0 Å². The molecular formula is C21H20O3. The van der Waals surface area contributed by atoms with Gasteiger partial charge < -0.3 is 15.3 Å². The van der Waals surface area contributed by atoms with E-state index in [4.69, 9.17) is 5.11 Å². The van der Waals surface area contributed by atoms with Crippen molar-refractivity contribution in [2.24, 2.45) is 0 Å². The van der Waals surface area contributed by atoms with E-state index in [1.165, 1.54) is 11.6 Å². The molecule has 0 unspecified atom stereocenters. The van der Waals surface area contributed by atoms with E-state index >= 15 is 0 Å². The average molecular weight is 320 g/mol. The summed E-state index contributed by atoms with van der Waals surface area (Å²) in [5.41, 5.74) is 2.02. The molecular weight excluding hydrogens is 300 g/mol. The Hall–Kier alpha value is -3.20. The van der Waals surface area contributed by atoms with Gasteiger partial charge in [0.15, 0.2) is 0 Å². The smallest absolute Gasteiger partial charge is 0.119 e. The van der Waals surface area contributed by atoms with Crippen LogP contribution in [0.15, 0.2) is 84.9 Å². The van der Waals surface area contributed by atoms with Crippen LogP contribution >= 0.6 is 0 Å². The van der Waals surface area contributed by atoms with Gasteiger partial charge in [-0.25, -0.2) is 0 Å². The highest BCUT2D eigenvalue weighted by Crippen LogP contribution is 2.21. The van der Waals surface area contributed by atoms with Crippen LogP contribution in [0.3, 0.4) is 0 Å². The molecule has 0 bridgehead atoms. The SMILES string of the molecule is Oc1cc(O)cc(C=CCc2ccccc2)c1.Oc1ccccc1. The van der Waals surface area contributed by atoms with Crippen molar-refractivity contribution in [2.75, 3.05) is 0 Å². The fourth-order valence-corrected chi connectivity index (χ4v) is 2.09. The molecule has 3 N–H and O–H groups in total. The first-order valence-electron chi connectivity index (χ1n) is 7.61. The van der Waals surface area contributed by atoms with Crippen LogP contribution < -0.4 is 0 Å². The van der Waals surface area contributed by atoms with E-state index in [0.717, 1.165) is 12.0 Å². The monoisotopic (exact) mass is 320 g/mol. The molecule has 0 amide bonds. The Labute approximate surface area is 141 Å². The minimum absolute atomic E-state index is 0.0735. The van der Waals surface area contributed by atoms with Gasteiger partial charge in [-0.1, -0.05) is 60.7 Å². The maximum absolute atomic E-state index is 9.32. The van der Waals surface area contributed by atoms with Crippen LogP contribution in [0.5, 0.6) is 17.2 Å². The molecule has 0 atom stereocenters. The zero-order valence-corrected chi connectivity index (χ0v) is 13.2. The lowest BCUT2D eigenvalue weighted by molar-refractivity contribution is 0.450. The third-order valence-electron chi connectivity index (χ3n) is 3.19. The Balaban J connectivity index is 0.000000249. The minimum Gasteiger partial charge on any atom is -0.508 e.